The van der Waals surface area contributed by atoms with Gasteiger partial charge in [0.05, 0.1) is 0 Å². The Hall–Kier alpha value is -1.75. The van der Waals surface area contributed by atoms with E-state index >= 15 is 0 Å². The van der Waals surface area contributed by atoms with E-state index < -0.39 is 5.41 Å². The number of amidine groups is 1. The summed E-state index contributed by atoms with van der Waals surface area (Å²) in [5.74, 6) is -0.456. The van der Waals surface area contributed by atoms with E-state index in [-0.39, 0.29) is 11.7 Å². The van der Waals surface area contributed by atoms with Gasteiger partial charge in [-0.15, -0.1) is 0 Å². The van der Waals surface area contributed by atoms with Crippen LogP contribution in [0.1, 0.15) is 25.8 Å². The van der Waals surface area contributed by atoms with Crippen LogP contribution >= 0.6 is 11.6 Å². The van der Waals surface area contributed by atoms with Crippen LogP contribution < -0.4 is 11.1 Å². The lowest BCUT2D eigenvalue weighted by Crippen LogP contribution is -2.44. The lowest BCUT2D eigenvalue weighted by molar-refractivity contribution is -0.121. The Kier molecular flexibility index (Phi) is 4.78. The van der Waals surface area contributed by atoms with Gasteiger partial charge in [-0.05, 0) is 38.0 Å². The Morgan fingerprint density at radius 2 is 2.21 bits per heavy atom. The van der Waals surface area contributed by atoms with Gasteiger partial charge in [0, 0.05) is 10.7 Å². The molecule has 19 heavy (non-hydrogen) atoms. The van der Waals surface area contributed by atoms with Gasteiger partial charge in [-0.1, -0.05) is 29.7 Å². The third-order valence-electron chi connectivity index (χ3n) is 3.40. The van der Waals surface area contributed by atoms with Crippen molar-refractivity contribution in [3.05, 3.63) is 28.8 Å². The average Bonchev–Trinajstić information content (AvgIpc) is 2.41. The first kappa shape index (κ1) is 15.3. The standard InChI is InChI=1S/C13H18ClN3O2/c1-4-13(3,11(15)17-19)12(18)16-10-7-5-6-9(14)8(10)2/h5-7,19H,4H2,1-3H3,(H2,15,17)(H,16,18). The molecule has 0 aliphatic carbocycles. The molecule has 1 amide bonds. The molecule has 1 aromatic carbocycles. The summed E-state index contributed by atoms with van der Waals surface area (Å²) in [6.45, 7) is 5.23. The first-order valence-corrected chi connectivity index (χ1v) is 6.29. The van der Waals surface area contributed by atoms with Crippen molar-refractivity contribution in [2.45, 2.75) is 27.2 Å². The Morgan fingerprint density at radius 3 is 2.74 bits per heavy atom. The van der Waals surface area contributed by atoms with Gasteiger partial charge < -0.3 is 16.3 Å². The highest BCUT2D eigenvalue weighted by molar-refractivity contribution is 6.31. The van der Waals surface area contributed by atoms with Gasteiger partial charge in [0.2, 0.25) is 5.91 Å². The molecule has 5 nitrogen and oxygen atoms in total. The summed E-state index contributed by atoms with van der Waals surface area (Å²) in [5, 5.41) is 15.1. The largest absolute Gasteiger partial charge is 0.409 e. The van der Waals surface area contributed by atoms with Crippen LogP contribution in [-0.4, -0.2) is 17.0 Å². The van der Waals surface area contributed by atoms with Crippen LogP contribution in [0.3, 0.4) is 0 Å². The molecular formula is C13H18ClN3O2. The van der Waals surface area contributed by atoms with Crippen molar-refractivity contribution in [2.75, 3.05) is 5.32 Å². The second-order valence-corrected chi connectivity index (χ2v) is 4.94. The van der Waals surface area contributed by atoms with Gasteiger partial charge in [0.1, 0.15) is 5.41 Å². The number of nitrogens with zero attached hydrogens (tertiary/aromatic N) is 1. The molecule has 104 valence electrons. The topological polar surface area (TPSA) is 87.7 Å². The number of oxime groups is 1. The fourth-order valence-corrected chi connectivity index (χ4v) is 1.75. The van der Waals surface area contributed by atoms with E-state index in [4.69, 9.17) is 22.5 Å². The number of nitrogens with two attached hydrogens (primary N) is 1. The summed E-state index contributed by atoms with van der Waals surface area (Å²) >= 11 is 6.00. The maximum Gasteiger partial charge on any atom is 0.238 e. The number of halogens is 1. The normalized spacial score (nSPS) is 14.8. The van der Waals surface area contributed by atoms with Gasteiger partial charge in [-0.2, -0.15) is 0 Å². The molecule has 0 radical (unpaired) electrons. The Morgan fingerprint density at radius 1 is 1.58 bits per heavy atom. The minimum absolute atomic E-state index is 0.118. The number of hydrogen-bond acceptors (Lipinski definition) is 3. The van der Waals surface area contributed by atoms with Crippen molar-refractivity contribution in [2.24, 2.45) is 16.3 Å². The SMILES string of the molecule is CCC(C)(C(=O)Nc1cccc(Cl)c1C)/C(N)=N/O. The lowest BCUT2D eigenvalue weighted by atomic mass is 9.85. The lowest BCUT2D eigenvalue weighted by Gasteiger charge is -2.25. The number of hydrogen-bond donors (Lipinski definition) is 3. The first-order valence-electron chi connectivity index (χ1n) is 5.91. The maximum atomic E-state index is 12.3. The molecule has 0 spiro atoms. The number of rotatable bonds is 4. The number of amides is 1. The van der Waals surface area contributed by atoms with Crippen molar-refractivity contribution in [1.82, 2.24) is 0 Å². The number of carbonyl (C=O) groups is 1. The van der Waals surface area contributed by atoms with Gasteiger partial charge in [0.25, 0.3) is 0 Å². The highest BCUT2D eigenvalue weighted by atomic mass is 35.5. The fourth-order valence-electron chi connectivity index (χ4n) is 1.57. The molecule has 0 bridgehead atoms. The van der Waals surface area contributed by atoms with E-state index in [1.54, 1.807) is 32.0 Å². The smallest absolute Gasteiger partial charge is 0.238 e. The fraction of sp³-hybridized carbons (Fsp3) is 0.385. The van der Waals surface area contributed by atoms with Crippen LogP contribution in [0.15, 0.2) is 23.4 Å². The van der Waals surface area contributed by atoms with Crippen molar-refractivity contribution < 1.29 is 10.0 Å². The van der Waals surface area contributed by atoms with Crippen molar-refractivity contribution >= 4 is 29.0 Å². The summed E-state index contributed by atoms with van der Waals surface area (Å²) < 4.78 is 0. The maximum absolute atomic E-state index is 12.3. The summed E-state index contributed by atoms with van der Waals surface area (Å²) in [6, 6.07) is 5.24. The minimum Gasteiger partial charge on any atom is -0.409 e. The quantitative estimate of drug-likeness (QED) is 0.344. The summed E-state index contributed by atoms with van der Waals surface area (Å²) in [4.78, 5) is 12.3. The van der Waals surface area contributed by atoms with Crippen LogP contribution in [-0.2, 0) is 4.79 Å². The van der Waals surface area contributed by atoms with Gasteiger partial charge in [0.15, 0.2) is 5.84 Å². The molecule has 1 aromatic rings. The van der Waals surface area contributed by atoms with E-state index in [0.29, 0.717) is 17.1 Å². The second kappa shape index (κ2) is 5.93. The van der Waals surface area contributed by atoms with E-state index in [2.05, 4.69) is 10.5 Å². The Labute approximate surface area is 117 Å². The summed E-state index contributed by atoms with van der Waals surface area (Å²) in [5.41, 5.74) is 5.92. The molecule has 0 fully saturated rings. The predicted octanol–water partition coefficient (Wildman–Crippen LogP) is 2.75. The molecule has 1 atom stereocenters. The Balaban J connectivity index is 3.05. The van der Waals surface area contributed by atoms with Crippen molar-refractivity contribution in [1.29, 1.82) is 0 Å². The summed E-state index contributed by atoms with van der Waals surface area (Å²) in [6.07, 6.45) is 0.411. The number of benzene rings is 1. The molecule has 0 saturated heterocycles. The molecule has 0 saturated carbocycles. The number of carbonyl (C=O) groups excluding carboxylic acids is 1. The third kappa shape index (κ3) is 2.98. The predicted molar refractivity (Wildman–Crippen MR) is 76.6 cm³/mol. The van der Waals surface area contributed by atoms with Crippen molar-refractivity contribution in [3.63, 3.8) is 0 Å². The molecule has 0 heterocycles. The van der Waals surface area contributed by atoms with E-state index in [1.807, 2.05) is 6.92 Å². The van der Waals surface area contributed by atoms with Gasteiger partial charge in [-0.25, -0.2) is 0 Å². The molecule has 0 aromatic heterocycles. The minimum atomic E-state index is -1.07. The number of nitrogens with one attached hydrogen (secondary N) is 1. The van der Waals surface area contributed by atoms with E-state index in [1.165, 1.54) is 0 Å². The highest BCUT2D eigenvalue weighted by Crippen LogP contribution is 2.27. The molecule has 4 N–H and O–H groups in total. The first-order chi connectivity index (χ1) is 8.86. The Bertz CT molecular complexity index is 517. The molecule has 1 unspecified atom stereocenters. The molecule has 6 heteroatoms. The molecule has 0 aliphatic rings. The zero-order valence-electron chi connectivity index (χ0n) is 11.2. The van der Waals surface area contributed by atoms with Crippen molar-refractivity contribution in [3.8, 4) is 0 Å². The summed E-state index contributed by atoms with van der Waals surface area (Å²) in [7, 11) is 0. The monoisotopic (exact) mass is 283 g/mol. The van der Waals surface area contributed by atoms with Gasteiger partial charge >= 0.3 is 0 Å². The van der Waals surface area contributed by atoms with Crippen LogP contribution in [0, 0.1) is 12.3 Å². The highest BCUT2D eigenvalue weighted by Gasteiger charge is 2.36. The molecule has 0 aliphatic heterocycles. The number of anilines is 1. The van der Waals surface area contributed by atoms with E-state index in [9.17, 15) is 4.79 Å². The third-order valence-corrected chi connectivity index (χ3v) is 3.81. The zero-order chi connectivity index (χ0) is 14.6. The molecule has 1 rings (SSSR count). The van der Waals surface area contributed by atoms with Crippen LogP contribution in [0.5, 0.6) is 0 Å². The van der Waals surface area contributed by atoms with E-state index in [0.717, 1.165) is 5.56 Å². The zero-order valence-corrected chi connectivity index (χ0v) is 12.0. The van der Waals surface area contributed by atoms with Gasteiger partial charge in [-0.3, -0.25) is 4.79 Å². The van der Waals surface area contributed by atoms with Crippen LogP contribution in [0.25, 0.3) is 0 Å². The second-order valence-electron chi connectivity index (χ2n) is 4.54. The average molecular weight is 284 g/mol. The van der Waals surface area contributed by atoms with Crippen LogP contribution in [0.4, 0.5) is 5.69 Å². The molecular weight excluding hydrogens is 266 g/mol. The van der Waals surface area contributed by atoms with Crippen LogP contribution in [0.2, 0.25) is 5.02 Å².